The Bertz CT molecular complexity index is 643. The summed E-state index contributed by atoms with van der Waals surface area (Å²) < 4.78 is 0. The van der Waals surface area contributed by atoms with Crippen molar-refractivity contribution >= 4 is 46.4 Å². The molecule has 0 radical (unpaired) electrons. The van der Waals surface area contributed by atoms with Crippen LogP contribution >= 0.6 is 35.0 Å². The molecule has 0 saturated heterocycles. The molecular formula is C14H11Cl2NOS. The van der Waals surface area contributed by atoms with Crippen molar-refractivity contribution < 1.29 is 4.79 Å². The highest BCUT2D eigenvalue weighted by atomic mass is 35.5. The maximum Gasteiger partial charge on any atom is 0.161 e. The van der Waals surface area contributed by atoms with Crippen LogP contribution in [0, 0.1) is 0 Å². The molecule has 0 bridgehead atoms. The average Bonchev–Trinajstić information content (AvgIpc) is 2.33. The van der Waals surface area contributed by atoms with E-state index in [0.717, 1.165) is 9.79 Å². The van der Waals surface area contributed by atoms with Crippen molar-refractivity contribution in [3.63, 3.8) is 0 Å². The third-order valence-corrected chi connectivity index (χ3v) is 4.25. The van der Waals surface area contributed by atoms with Crippen molar-refractivity contribution in [1.82, 2.24) is 0 Å². The van der Waals surface area contributed by atoms with E-state index in [-0.39, 0.29) is 5.78 Å². The lowest BCUT2D eigenvalue weighted by molar-refractivity contribution is 0.101. The van der Waals surface area contributed by atoms with Crippen LogP contribution in [0.1, 0.15) is 17.3 Å². The highest BCUT2D eigenvalue weighted by Gasteiger charge is 2.08. The molecule has 0 aliphatic rings. The third kappa shape index (κ3) is 3.44. The summed E-state index contributed by atoms with van der Waals surface area (Å²) in [6, 6.07) is 10.6. The van der Waals surface area contributed by atoms with Crippen molar-refractivity contribution in [3.8, 4) is 0 Å². The fourth-order valence-corrected chi connectivity index (χ4v) is 3.00. The summed E-state index contributed by atoms with van der Waals surface area (Å²) in [5, 5.41) is 1.25. The van der Waals surface area contributed by atoms with Gasteiger partial charge < -0.3 is 5.73 Å². The largest absolute Gasteiger partial charge is 0.398 e. The van der Waals surface area contributed by atoms with Gasteiger partial charge >= 0.3 is 0 Å². The minimum Gasteiger partial charge on any atom is -0.398 e. The van der Waals surface area contributed by atoms with E-state index >= 15 is 0 Å². The van der Waals surface area contributed by atoms with Crippen LogP contribution < -0.4 is 5.73 Å². The maximum atomic E-state index is 11.3. The summed E-state index contributed by atoms with van der Waals surface area (Å²) in [5.74, 6) is -0.0464. The Balaban J connectivity index is 2.31. The number of Topliss-reactive ketones (excluding diaryl/α,β-unsaturated/α-hetero) is 1. The molecule has 98 valence electrons. The molecule has 0 saturated carbocycles. The van der Waals surface area contributed by atoms with Gasteiger partial charge in [0.15, 0.2) is 5.78 Å². The second kappa shape index (κ2) is 5.87. The molecule has 0 aliphatic carbocycles. The summed E-state index contributed by atoms with van der Waals surface area (Å²) in [6.07, 6.45) is 0. The van der Waals surface area contributed by atoms with Crippen LogP contribution in [-0.4, -0.2) is 5.78 Å². The van der Waals surface area contributed by atoms with Crippen LogP contribution in [0.2, 0.25) is 10.0 Å². The number of carbonyl (C=O) groups is 1. The van der Waals surface area contributed by atoms with Gasteiger partial charge in [0.05, 0.1) is 5.02 Å². The number of rotatable bonds is 3. The summed E-state index contributed by atoms with van der Waals surface area (Å²) in [7, 11) is 0. The normalized spacial score (nSPS) is 10.5. The van der Waals surface area contributed by atoms with Gasteiger partial charge in [0.1, 0.15) is 0 Å². The van der Waals surface area contributed by atoms with Gasteiger partial charge in [-0.3, -0.25) is 4.79 Å². The lowest BCUT2D eigenvalue weighted by Gasteiger charge is -2.07. The van der Waals surface area contributed by atoms with E-state index in [2.05, 4.69) is 0 Å². The number of nitrogens with two attached hydrogens (primary N) is 1. The second-order valence-electron chi connectivity index (χ2n) is 3.98. The van der Waals surface area contributed by atoms with E-state index in [1.54, 1.807) is 30.3 Å². The Kier molecular flexibility index (Phi) is 4.40. The van der Waals surface area contributed by atoms with Crippen molar-refractivity contribution in [2.45, 2.75) is 16.7 Å². The first kappa shape index (κ1) is 14.3. The third-order valence-electron chi connectivity index (χ3n) is 2.52. The highest BCUT2D eigenvalue weighted by molar-refractivity contribution is 7.99. The topological polar surface area (TPSA) is 43.1 Å². The SMILES string of the molecule is CC(=O)c1ccc(Sc2cc(Cl)ccc2Cl)cc1N. The first-order chi connectivity index (χ1) is 8.97. The van der Waals surface area contributed by atoms with E-state index in [1.807, 2.05) is 6.07 Å². The number of hydrogen-bond donors (Lipinski definition) is 1. The first-order valence-corrected chi connectivity index (χ1v) is 7.08. The minimum absolute atomic E-state index is 0.0464. The maximum absolute atomic E-state index is 11.3. The highest BCUT2D eigenvalue weighted by Crippen LogP contribution is 2.36. The molecule has 0 atom stereocenters. The molecule has 2 aromatic carbocycles. The van der Waals surface area contributed by atoms with Crippen LogP contribution in [0.25, 0.3) is 0 Å². The van der Waals surface area contributed by atoms with Crippen molar-refractivity contribution in [1.29, 1.82) is 0 Å². The van der Waals surface area contributed by atoms with Crippen molar-refractivity contribution in [2.75, 3.05) is 5.73 Å². The monoisotopic (exact) mass is 311 g/mol. The average molecular weight is 312 g/mol. The Morgan fingerprint density at radius 1 is 1.16 bits per heavy atom. The van der Waals surface area contributed by atoms with Gasteiger partial charge in [0.25, 0.3) is 0 Å². The molecule has 0 heterocycles. The van der Waals surface area contributed by atoms with Gasteiger partial charge in [0.2, 0.25) is 0 Å². The van der Waals surface area contributed by atoms with E-state index in [9.17, 15) is 4.79 Å². The van der Waals surface area contributed by atoms with Crippen LogP contribution in [0.15, 0.2) is 46.2 Å². The van der Waals surface area contributed by atoms with E-state index < -0.39 is 0 Å². The Labute approximate surface area is 125 Å². The number of ketones is 1. The molecule has 2 rings (SSSR count). The molecule has 0 spiro atoms. The number of anilines is 1. The van der Waals surface area contributed by atoms with Crippen LogP contribution in [0.4, 0.5) is 5.69 Å². The Hall–Kier alpha value is -1.16. The number of benzene rings is 2. The van der Waals surface area contributed by atoms with Gasteiger partial charge in [-0.2, -0.15) is 0 Å². The van der Waals surface area contributed by atoms with Gasteiger partial charge in [0, 0.05) is 26.1 Å². The predicted molar refractivity (Wildman–Crippen MR) is 81.4 cm³/mol. The van der Waals surface area contributed by atoms with Crippen molar-refractivity contribution in [2.24, 2.45) is 0 Å². The molecule has 0 aromatic heterocycles. The first-order valence-electron chi connectivity index (χ1n) is 5.51. The quantitative estimate of drug-likeness (QED) is 0.645. The molecule has 2 nitrogen and oxygen atoms in total. The smallest absolute Gasteiger partial charge is 0.161 e. The predicted octanol–water partition coefficient (Wildman–Crippen LogP) is 4.93. The summed E-state index contributed by atoms with van der Waals surface area (Å²) in [5.41, 5.74) is 6.85. The number of nitrogen functional groups attached to an aromatic ring is 1. The molecule has 2 N–H and O–H groups in total. The molecule has 2 aromatic rings. The molecule has 0 fully saturated rings. The van der Waals surface area contributed by atoms with Gasteiger partial charge in [-0.1, -0.05) is 35.0 Å². The van der Waals surface area contributed by atoms with Crippen LogP contribution in [0.5, 0.6) is 0 Å². The Morgan fingerprint density at radius 2 is 1.89 bits per heavy atom. The van der Waals surface area contributed by atoms with Gasteiger partial charge in [-0.25, -0.2) is 0 Å². The molecular weight excluding hydrogens is 301 g/mol. The fourth-order valence-electron chi connectivity index (χ4n) is 1.61. The van der Waals surface area contributed by atoms with Crippen molar-refractivity contribution in [3.05, 3.63) is 52.0 Å². The van der Waals surface area contributed by atoms with Crippen LogP contribution in [0.3, 0.4) is 0 Å². The zero-order valence-electron chi connectivity index (χ0n) is 10.1. The summed E-state index contributed by atoms with van der Waals surface area (Å²) in [4.78, 5) is 13.1. The van der Waals surface area contributed by atoms with E-state index in [4.69, 9.17) is 28.9 Å². The number of carbonyl (C=O) groups excluding carboxylic acids is 1. The van der Waals surface area contributed by atoms with Gasteiger partial charge in [-0.15, -0.1) is 0 Å². The Morgan fingerprint density at radius 3 is 2.53 bits per heavy atom. The summed E-state index contributed by atoms with van der Waals surface area (Å²) in [6.45, 7) is 1.49. The van der Waals surface area contributed by atoms with E-state index in [0.29, 0.717) is 21.3 Å². The number of halogens is 2. The van der Waals surface area contributed by atoms with E-state index in [1.165, 1.54) is 18.7 Å². The minimum atomic E-state index is -0.0464. The molecule has 0 amide bonds. The molecule has 0 aliphatic heterocycles. The summed E-state index contributed by atoms with van der Waals surface area (Å²) >= 11 is 13.5. The fraction of sp³-hybridized carbons (Fsp3) is 0.0714. The van der Waals surface area contributed by atoms with Gasteiger partial charge in [-0.05, 0) is 43.3 Å². The lowest BCUT2D eigenvalue weighted by Crippen LogP contribution is -1.99. The zero-order chi connectivity index (χ0) is 14.0. The lowest BCUT2D eigenvalue weighted by atomic mass is 10.1. The zero-order valence-corrected chi connectivity index (χ0v) is 12.4. The molecule has 19 heavy (non-hydrogen) atoms. The van der Waals surface area contributed by atoms with Crippen LogP contribution in [-0.2, 0) is 0 Å². The molecule has 0 unspecified atom stereocenters. The molecule has 5 heteroatoms. The standard InChI is InChI=1S/C14H11Cl2NOS/c1-8(18)11-4-3-10(7-13(11)17)19-14-6-9(15)2-5-12(14)16/h2-7H,17H2,1H3. The number of hydrogen-bond acceptors (Lipinski definition) is 3. The second-order valence-corrected chi connectivity index (χ2v) is 5.94.